The monoisotopic (exact) mass is 255 g/mol. The Morgan fingerprint density at radius 3 is 2.89 bits per heavy atom. The van der Waals surface area contributed by atoms with Gasteiger partial charge in [0, 0.05) is 12.7 Å². The van der Waals surface area contributed by atoms with Crippen molar-refractivity contribution in [3.8, 4) is 0 Å². The topological polar surface area (TPSA) is 72.3 Å². The molecule has 0 fully saturated rings. The number of hydrogen-bond acceptors (Lipinski definition) is 5. The Labute approximate surface area is 107 Å². The van der Waals surface area contributed by atoms with Gasteiger partial charge in [-0.15, -0.1) is 5.10 Å². The summed E-state index contributed by atoms with van der Waals surface area (Å²) >= 11 is 0. The standard InChI is InChI=1S/C11H21N5O2/c1-10-8-16(14-13-10)5-7-18-6-4-12-11(17)9-15(2)3/h8H,4-7,9H2,1-3H3,(H,12,17). The molecule has 1 amide bonds. The molecule has 7 nitrogen and oxygen atoms in total. The number of rotatable bonds is 8. The van der Waals surface area contributed by atoms with Crippen LogP contribution in [0.1, 0.15) is 5.69 Å². The molecule has 0 bridgehead atoms. The van der Waals surface area contributed by atoms with Gasteiger partial charge in [0.1, 0.15) is 0 Å². The lowest BCUT2D eigenvalue weighted by Gasteiger charge is -2.10. The number of aromatic nitrogens is 3. The zero-order valence-electron chi connectivity index (χ0n) is 11.2. The van der Waals surface area contributed by atoms with Crippen LogP contribution in [0, 0.1) is 6.92 Å². The first kappa shape index (κ1) is 14.6. The molecule has 18 heavy (non-hydrogen) atoms. The van der Waals surface area contributed by atoms with Crippen molar-refractivity contribution >= 4 is 5.91 Å². The van der Waals surface area contributed by atoms with E-state index in [1.807, 2.05) is 32.1 Å². The molecule has 0 spiro atoms. The lowest BCUT2D eigenvalue weighted by Crippen LogP contribution is -2.35. The Balaban J connectivity index is 1.97. The van der Waals surface area contributed by atoms with E-state index in [0.29, 0.717) is 32.8 Å². The van der Waals surface area contributed by atoms with Crippen LogP contribution < -0.4 is 5.32 Å². The van der Waals surface area contributed by atoms with Crippen LogP contribution >= 0.6 is 0 Å². The van der Waals surface area contributed by atoms with Crippen LogP contribution in [0.25, 0.3) is 0 Å². The summed E-state index contributed by atoms with van der Waals surface area (Å²) in [6.07, 6.45) is 1.86. The number of nitrogens with zero attached hydrogens (tertiary/aromatic N) is 4. The third-order valence-electron chi connectivity index (χ3n) is 2.15. The highest BCUT2D eigenvalue weighted by Crippen LogP contribution is 1.89. The number of likely N-dealkylation sites (N-methyl/N-ethyl adjacent to an activating group) is 1. The van der Waals surface area contributed by atoms with Crippen LogP contribution in [-0.4, -0.2) is 66.2 Å². The molecule has 7 heteroatoms. The molecule has 1 rings (SSSR count). The van der Waals surface area contributed by atoms with Crippen LogP contribution in [0.5, 0.6) is 0 Å². The highest BCUT2D eigenvalue weighted by molar-refractivity contribution is 5.77. The first-order chi connectivity index (χ1) is 8.58. The number of nitrogens with one attached hydrogen (secondary N) is 1. The average molecular weight is 255 g/mol. The highest BCUT2D eigenvalue weighted by Gasteiger charge is 2.01. The first-order valence-electron chi connectivity index (χ1n) is 5.94. The summed E-state index contributed by atoms with van der Waals surface area (Å²) in [6, 6.07) is 0. The van der Waals surface area contributed by atoms with Gasteiger partial charge in [0.25, 0.3) is 0 Å². The fraction of sp³-hybridized carbons (Fsp3) is 0.727. The Morgan fingerprint density at radius 1 is 1.50 bits per heavy atom. The third kappa shape index (κ3) is 6.31. The van der Waals surface area contributed by atoms with E-state index in [1.165, 1.54) is 0 Å². The maximum Gasteiger partial charge on any atom is 0.234 e. The Morgan fingerprint density at radius 2 is 2.28 bits per heavy atom. The largest absolute Gasteiger partial charge is 0.378 e. The predicted octanol–water partition coefficient (Wildman–Crippen LogP) is -0.719. The summed E-state index contributed by atoms with van der Waals surface area (Å²) in [5, 5.41) is 10.6. The molecule has 0 saturated heterocycles. The van der Waals surface area contributed by atoms with E-state index >= 15 is 0 Å². The van der Waals surface area contributed by atoms with Crippen LogP contribution in [0.4, 0.5) is 0 Å². The Bertz CT molecular complexity index is 364. The van der Waals surface area contributed by atoms with Gasteiger partial charge in [-0.3, -0.25) is 4.79 Å². The quantitative estimate of drug-likeness (QED) is 0.621. The molecule has 1 aromatic heterocycles. The summed E-state index contributed by atoms with van der Waals surface area (Å²) < 4.78 is 7.12. The molecular formula is C11H21N5O2. The minimum atomic E-state index is 0.00972. The third-order valence-corrected chi connectivity index (χ3v) is 2.15. The number of aryl methyl sites for hydroxylation is 1. The summed E-state index contributed by atoms with van der Waals surface area (Å²) in [6.45, 7) is 4.57. The van der Waals surface area contributed by atoms with E-state index in [4.69, 9.17) is 4.74 Å². The van der Waals surface area contributed by atoms with Crippen molar-refractivity contribution in [2.24, 2.45) is 0 Å². The van der Waals surface area contributed by atoms with E-state index in [2.05, 4.69) is 15.6 Å². The molecule has 0 aromatic carbocycles. The second-order valence-electron chi connectivity index (χ2n) is 4.32. The summed E-state index contributed by atoms with van der Waals surface area (Å²) in [4.78, 5) is 13.1. The zero-order valence-corrected chi connectivity index (χ0v) is 11.2. The predicted molar refractivity (Wildman–Crippen MR) is 67.1 cm³/mol. The van der Waals surface area contributed by atoms with Gasteiger partial charge < -0.3 is 15.0 Å². The summed E-state index contributed by atoms with van der Waals surface area (Å²) in [7, 11) is 3.71. The van der Waals surface area contributed by atoms with Crippen molar-refractivity contribution in [2.45, 2.75) is 13.5 Å². The molecule has 0 unspecified atom stereocenters. The second kappa shape index (κ2) is 7.78. The molecule has 102 valence electrons. The van der Waals surface area contributed by atoms with Crippen LogP contribution in [0.3, 0.4) is 0 Å². The number of carbonyl (C=O) groups is 1. The van der Waals surface area contributed by atoms with Crippen LogP contribution in [0.2, 0.25) is 0 Å². The maximum absolute atomic E-state index is 11.3. The van der Waals surface area contributed by atoms with Crippen molar-refractivity contribution < 1.29 is 9.53 Å². The van der Waals surface area contributed by atoms with E-state index in [9.17, 15) is 4.79 Å². The summed E-state index contributed by atoms with van der Waals surface area (Å²) in [5.41, 5.74) is 0.894. The van der Waals surface area contributed by atoms with E-state index in [0.717, 1.165) is 5.69 Å². The number of carbonyl (C=O) groups excluding carboxylic acids is 1. The van der Waals surface area contributed by atoms with Crippen molar-refractivity contribution in [1.29, 1.82) is 0 Å². The summed E-state index contributed by atoms with van der Waals surface area (Å²) in [5.74, 6) is 0.00972. The molecule has 0 aliphatic heterocycles. The minimum Gasteiger partial charge on any atom is -0.378 e. The molecule has 0 aliphatic rings. The van der Waals surface area contributed by atoms with Crippen molar-refractivity contribution in [3.05, 3.63) is 11.9 Å². The SMILES string of the molecule is Cc1cn(CCOCCNC(=O)CN(C)C)nn1. The molecule has 0 atom stereocenters. The average Bonchev–Trinajstić information content (AvgIpc) is 2.68. The van der Waals surface area contributed by atoms with Gasteiger partial charge in [-0.2, -0.15) is 0 Å². The fourth-order valence-electron chi connectivity index (χ4n) is 1.37. The van der Waals surface area contributed by atoms with E-state index in [-0.39, 0.29) is 5.91 Å². The van der Waals surface area contributed by atoms with Gasteiger partial charge in [0.05, 0.1) is 32.0 Å². The van der Waals surface area contributed by atoms with Crippen molar-refractivity contribution in [3.63, 3.8) is 0 Å². The van der Waals surface area contributed by atoms with Gasteiger partial charge in [0.15, 0.2) is 0 Å². The van der Waals surface area contributed by atoms with Gasteiger partial charge in [-0.05, 0) is 21.0 Å². The minimum absolute atomic E-state index is 0.00972. The first-order valence-corrected chi connectivity index (χ1v) is 5.94. The van der Waals surface area contributed by atoms with Gasteiger partial charge in [0.2, 0.25) is 5.91 Å². The molecule has 1 N–H and O–H groups in total. The second-order valence-corrected chi connectivity index (χ2v) is 4.32. The molecule has 1 heterocycles. The van der Waals surface area contributed by atoms with Gasteiger partial charge >= 0.3 is 0 Å². The van der Waals surface area contributed by atoms with Gasteiger partial charge in [-0.25, -0.2) is 4.68 Å². The van der Waals surface area contributed by atoms with Crippen molar-refractivity contribution in [2.75, 3.05) is 40.4 Å². The molecule has 0 saturated carbocycles. The molecule has 0 aliphatic carbocycles. The van der Waals surface area contributed by atoms with Crippen LogP contribution in [0.15, 0.2) is 6.20 Å². The van der Waals surface area contributed by atoms with E-state index in [1.54, 1.807) is 4.68 Å². The number of hydrogen-bond donors (Lipinski definition) is 1. The number of amides is 1. The smallest absolute Gasteiger partial charge is 0.234 e. The Hall–Kier alpha value is -1.47. The maximum atomic E-state index is 11.3. The van der Waals surface area contributed by atoms with Gasteiger partial charge in [-0.1, -0.05) is 5.21 Å². The highest BCUT2D eigenvalue weighted by atomic mass is 16.5. The van der Waals surface area contributed by atoms with Crippen molar-refractivity contribution in [1.82, 2.24) is 25.2 Å². The normalized spacial score (nSPS) is 10.9. The molecule has 0 radical (unpaired) electrons. The lowest BCUT2D eigenvalue weighted by atomic mass is 10.5. The molecule has 1 aromatic rings. The molecular weight excluding hydrogens is 234 g/mol. The Kier molecular flexibility index (Phi) is 6.31. The number of ether oxygens (including phenoxy) is 1. The lowest BCUT2D eigenvalue weighted by molar-refractivity contribution is -0.121. The zero-order chi connectivity index (χ0) is 13.4. The van der Waals surface area contributed by atoms with E-state index < -0.39 is 0 Å². The van der Waals surface area contributed by atoms with Crippen LogP contribution in [-0.2, 0) is 16.1 Å². The fourth-order valence-corrected chi connectivity index (χ4v) is 1.37.